The standard InChI is InChI=1S/C8H6N/c9-7-3-6-8-4-1-2-5-8/h1-6H/b6-3+. The molecular weight excluding hydrogens is 110 g/mol. The van der Waals surface area contributed by atoms with Crippen molar-refractivity contribution in [1.82, 2.24) is 0 Å². The Bertz CT molecular complexity index is 135. The van der Waals surface area contributed by atoms with Crippen molar-refractivity contribution in [1.29, 1.82) is 5.26 Å². The Hall–Kier alpha value is -0.770. The second-order valence-electron chi connectivity index (χ2n) is 1.68. The zero-order chi connectivity index (χ0) is 6.53. The molecule has 0 aromatic carbocycles. The number of nitrogens with zero attached hydrogens (tertiary/aromatic N) is 1. The third-order valence-electron chi connectivity index (χ3n) is 1.04. The molecule has 0 bridgehead atoms. The minimum atomic E-state index is 1.08. The number of allylic oxidation sites excluding steroid dienone is 2. The maximum atomic E-state index is 8.13. The molecule has 1 aliphatic rings. The monoisotopic (exact) mass is 116 g/mol. The summed E-state index contributed by atoms with van der Waals surface area (Å²) in [6.07, 6.45) is 11.0. The Morgan fingerprint density at radius 2 is 2.00 bits per heavy atom. The van der Waals surface area contributed by atoms with Gasteiger partial charge in [-0.15, -0.1) is 0 Å². The van der Waals surface area contributed by atoms with E-state index >= 15 is 0 Å². The van der Waals surface area contributed by atoms with Crippen molar-refractivity contribution in [2.24, 2.45) is 0 Å². The molecule has 0 aromatic heterocycles. The van der Waals surface area contributed by atoms with Gasteiger partial charge in [0.1, 0.15) is 0 Å². The average Bonchev–Trinajstić information content (AvgIpc) is 2.34. The molecule has 5 radical (unpaired) electrons. The lowest BCUT2D eigenvalue weighted by Crippen LogP contribution is -1.82. The van der Waals surface area contributed by atoms with E-state index in [1.54, 1.807) is 6.08 Å². The second-order valence-corrected chi connectivity index (χ2v) is 1.68. The van der Waals surface area contributed by atoms with Crippen LogP contribution in [0.2, 0.25) is 0 Å². The van der Waals surface area contributed by atoms with Crippen LogP contribution in [0.5, 0.6) is 0 Å². The third-order valence-corrected chi connectivity index (χ3v) is 1.04. The summed E-state index contributed by atoms with van der Waals surface area (Å²) in [5, 5.41) is 8.13. The molecule has 9 heavy (non-hydrogen) atoms. The smallest absolute Gasteiger partial charge is 0.0908 e. The SMILES string of the molecule is N#C/C=C/[C]1[CH][CH][CH][CH]1. The van der Waals surface area contributed by atoms with Crippen molar-refractivity contribution in [2.45, 2.75) is 0 Å². The Morgan fingerprint density at radius 3 is 2.56 bits per heavy atom. The summed E-state index contributed by atoms with van der Waals surface area (Å²) in [4.78, 5) is 0. The lowest BCUT2D eigenvalue weighted by Gasteiger charge is -1.93. The number of rotatable bonds is 1. The highest BCUT2D eigenvalue weighted by Gasteiger charge is 2.12. The lowest BCUT2D eigenvalue weighted by molar-refractivity contribution is 1.37. The summed E-state index contributed by atoms with van der Waals surface area (Å²) in [6.45, 7) is 0. The third kappa shape index (κ3) is 1.89. The highest BCUT2D eigenvalue weighted by atomic mass is 14.2. The van der Waals surface area contributed by atoms with Crippen LogP contribution in [0.15, 0.2) is 12.2 Å². The van der Waals surface area contributed by atoms with Crippen molar-refractivity contribution in [3.8, 4) is 6.07 Å². The number of hydrogen-bond donors (Lipinski definition) is 0. The maximum Gasteiger partial charge on any atom is 0.0908 e. The largest absolute Gasteiger partial charge is 0.193 e. The van der Waals surface area contributed by atoms with Crippen LogP contribution in [0.4, 0.5) is 0 Å². The van der Waals surface area contributed by atoms with Crippen LogP contribution >= 0.6 is 0 Å². The van der Waals surface area contributed by atoms with Gasteiger partial charge in [-0.1, -0.05) is 6.08 Å². The van der Waals surface area contributed by atoms with Crippen molar-refractivity contribution in [3.63, 3.8) is 0 Å². The van der Waals surface area contributed by atoms with E-state index in [1.165, 1.54) is 6.08 Å². The van der Waals surface area contributed by atoms with Gasteiger partial charge in [0, 0.05) is 12.0 Å². The predicted molar refractivity (Wildman–Crippen MR) is 35.2 cm³/mol. The molecule has 0 spiro atoms. The average molecular weight is 116 g/mol. The molecule has 1 rings (SSSR count). The van der Waals surface area contributed by atoms with Crippen LogP contribution < -0.4 is 0 Å². The van der Waals surface area contributed by atoms with Crippen molar-refractivity contribution >= 4 is 0 Å². The number of nitriles is 1. The Morgan fingerprint density at radius 1 is 1.33 bits per heavy atom. The highest BCUT2D eigenvalue weighted by molar-refractivity contribution is 5.42. The summed E-state index contributed by atoms with van der Waals surface area (Å²) in [6, 6.07) is 1.93. The van der Waals surface area contributed by atoms with Crippen molar-refractivity contribution < 1.29 is 0 Å². The lowest BCUT2D eigenvalue weighted by atomic mass is 10.1. The van der Waals surface area contributed by atoms with E-state index in [-0.39, 0.29) is 0 Å². The first-order chi connectivity index (χ1) is 4.43. The molecule has 1 nitrogen and oxygen atoms in total. The molecule has 1 heteroatoms. The van der Waals surface area contributed by atoms with Crippen LogP contribution in [0, 0.1) is 42.9 Å². The fourth-order valence-corrected chi connectivity index (χ4v) is 0.633. The minimum absolute atomic E-state index is 1.08. The van der Waals surface area contributed by atoms with E-state index in [1.807, 2.05) is 31.8 Å². The summed E-state index contributed by atoms with van der Waals surface area (Å²) in [5.41, 5.74) is 0. The van der Waals surface area contributed by atoms with E-state index in [2.05, 4.69) is 0 Å². The second kappa shape index (κ2) is 3.29. The fraction of sp³-hybridized carbons (Fsp3) is 0. The Balaban J connectivity index is 2.28. The van der Waals surface area contributed by atoms with E-state index in [4.69, 9.17) is 5.26 Å². The molecule has 1 fully saturated rings. The zero-order valence-electron chi connectivity index (χ0n) is 4.91. The van der Waals surface area contributed by atoms with Gasteiger partial charge in [-0.2, -0.15) is 5.26 Å². The van der Waals surface area contributed by atoms with E-state index in [0.717, 1.165) is 5.92 Å². The quantitative estimate of drug-likeness (QED) is 0.476. The van der Waals surface area contributed by atoms with E-state index in [9.17, 15) is 0 Å². The van der Waals surface area contributed by atoms with Crippen molar-refractivity contribution in [2.75, 3.05) is 0 Å². The van der Waals surface area contributed by atoms with Crippen LogP contribution in [-0.2, 0) is 0 Å². The Kier molecular flexibility index (Phi) is 2.32. The summed E-state index contributed by atoms with van der Waals surface area (Å²) >= 11 is 0. The topological polar surface area (TPSA) is 23.8 Å². The van der Waals surface area contributed by atoms with Gasteiger partial charge in [0.15, 0.2) is 0 Å². The van der Waals surface area contributed by atoms with Crippen LogP contribution in [-0.4, -0.2) is 0 Å². The maximum absolute atomic E-state index is 8.13. The van der Waals surface area contributed by atoms with Gasteiger partial charge in [-0.3, -0.25) is 0 Å². The molecule has 0 unspecified atom stereocenters. The number of hydrogen-bond acceptors (Lipinski definition) is 1. The molecule has 1 aliphatic carbocycles. The van der Waals surface area contributed by atoms with Gasteiger partial charge >= 0.3 is 0 Å². The summed E-state index contributed by atoms with van der Waals surface area (Å²) in [7, 11) is 0. The summed E-state index contributed by atoms with van der Waals surface area (Å²) < 4.78 is 0. The van der Waals surface area contributed by atoms with Gasteiger partial charge in [-0.05, 0) is 25.7 Å². The molecule has 0 atom stereocenters. The van der Waals surface area contributed by atoms with Crippen LogP contribution in [0.3, 0.4) is 0 Å². The predicted octanol–water partition coefficient (Wildman–Crippen LogP) is 1.47. The van der Waals surface area contributed by atoms with Gasteiger partial charge in [0.05, 0.1) is 6.07 Å². The first-order valence-electron chi connectivity index (χ1n) is 2.71. The first kappa shape index (κ1) is 6.35. The minimum Gasteiger partial charge on any atom is -0.193 e. The van der Waals surface area contributed by atoms with E-state index in [0.29, 0.717) is 0 Å². The summed E-state index contributed by atoms with van der Waals surface area (Å²) in [5.74, 6) is 1.08. The fourth-order valence-electron chi connectivity index (χ4n) is 0.633. The van der Waals surface area contributed by atoms with Gasteiger partial charge in [-0.25, -0.2) is 0 Å². The normalized spacial score (nSPS) is 20.8. The first-order valence-corrected chi connectivity index (χ1v) is 2.71. The Labute approximate surface area is 56.0 Å². The molecule has 0 heterocycles. The molecule has 0 aromatic rings. The molecule has 0 aliphatic heterocycles. The van der Waals surface area contributed by atoms with Crippen LogP contribution in [0.25, 0.3) is 0 Å². The van der Waals surface area contributed by atoms with Gasteiger partial charge in [0.25, 0.3) is 0 Å². The molecule has 0 saturated heterocycles. The van der Waals surface area contributed by atoms with Gasteiger partial charge in [0.2, 0.25) is 0 Å². The molecule has 43 valence electrons. The zero-order valence-corrected chi connectivity index (χ0v) is 4.91. The molecular formula is C8H6N. The molecule has 0 N–H and O–H groups in total. The highest BCUT2D eigenvalue weighted by Crippen LogP contribution is 2.23. The van der Waals surface area contributed by atoms with Crippen molar-refractivity contribution in [3.05, 3.63) is 43.8 Å². The molecule has 0 amide bonds. The molecule has 1 saturated carbocycles. The van der Waals surface area contributed by atoms with E-state index < -0.39 is 0 Å². The van der Waals surface area contributed by atoms with Crippen LogP contribution in [0.1, 0.15) is 0 Å². The van der Waals surface area contributed by atoms with Gasteiger partial charge < -0.3 is 0 Å².